The van der Waals surface area contributed by atoms with Crippen LogP contribution < -0.4 is 10.6 Å². The lowest BCUT2D eigenvalue weighted by molar-refractivity contribution is 0.0696. The molecule has 2 aromatic rings. The van der Waals surface area contributed by atoms with Crippen molar-refractivity contribution in [2.75, 3.05) is 7.05 Å². The second-order valence-corrected chi connectivity index (χ2v) is 5.02. The Hall–Kier alpha value is -2.93. The van der Waals surface area contributed by atoms with E-state index in [4.69, 9.17) is 22.4 Å². The van der Waals surface area contributed by atoms with Crippen LogP contribution in [0.25, 0.3) is 0 Å². The zero-order chi connectivity index (χ0) is 17.9. The highest BCUT2D eigenvalue weighted by Crippen LogP contribution is 2.04. The molecule has 0 saturated heterocycles. The van der Waals surface area contributed by atoms with Crippen LogP contribution in [0.2, 0.25) is 0 Å². The maximum atomic E-state index is 10.4. The Bertz CT molecular complexity index is 675. The lowest BCUT2D eigenvalue weighted by Crippen LogP contribution is -2.31. The Morgan fingerprint density at radius 1 is 0.958 bits per heavy atom. The topological polar surface area (TPSA) is 98.7 Å². The number of hydrogen-bond acceptors (Lipinski definition) is 3. The highest BCUT2D eigenvalue weighted by Gasteiger charge is 2.06. The fraction of sp³-hybridized carbons (Fsp3) is 0.118. The van der Waals surface area contributed by atoms with Crippen molar-refractivity contribution >= 4 is 29.3 Å². The van der Waals surface area contributed by atoms with Crippen LogP contribution in [0.4, 0.5) is 0 Å². The average molecular weight is 346 g/mol. The van der Waals surface area contributed by atoms with Gasteiger partial charge in [-0.1, -0.05) is 36.4 Å². The first-order valence-electron chi connectivity index (χ1n) is 7.00. The maximum Gasteiger partial charge on any atom is 0.335 e. The zero-order valence-corrected chi connectivity index (χ0v) is 13.8. The molecule has 126 valence electrons. The van der Waals surface area contributed by atoms with Gasteiger partial charge in [0.05, 0.1) is 11.1 Å². The van der Waals surface area contributed by atoms with Gasteiger partial charge in [-0.3, -0.25) is 0 Å². The number of nitrogens with one attached hydrogen (secondary N) is 2. The summed E-state index contributed by atoms with van der Waals surface area (Å²) in [6.07, 6.45) is 0. The van der Waals surface area contributed by atoms with Crippen LogP contribution in [0.1, 0.15) is 26.3 Å². The summed E-state index contributed by atoms with van der Waals surface area (Å²) in [6.45, 7) is 0.778. The molecule has 0 bridgehead atoms. The monoisotopic (exact) mass is 346 g/mol. The number of rotatable bonds is 4. The molecule has 0 aliphatic carbocycles. The summed E-state index contributed by atoms with van der Waals surface area (Å²) in [4.78, 5) is 20.8. The second kappa shape index (κ2) is 9.96. The fourth-order valence-corrected chi connectivity index (χ4v) is 1.72. The predicted molar refractivity (Wildman–Crippen MR) is 95.3 cm³/mol. The van der Waals surface area contributed by atoms with Gasteiger partial charge in [-0.05, 0) is 36.0 Å². The van der Waals surface area contributed by atoms with Crippen LogP contribution in [0.3, 0.4) is 0 Å². The molecule has 0 aliphatic heterocycles. The molecule has 7 heteroatoms. The van der Waals surface area contributed by atoms with E-state index in [1.54, 1.807) is 7.05 Å². The Morgan fingerprint density at radius 3 is 1.96 bits per heavy atom. The summed E-state index contributed by atoms with van der Waals surface area (Å²) in [5.41, 5.74) is 1.19. The van der Waals surface area contributed by atoms with Crippen molar-refractivity contribution in [2.24, 2.45) is 0 Å². The van der Waals surface area contributed by atoms with Crippen LogP contribution in [0, 0.1) is 0 Å². The molecular weight excluding hydrogens is 328 g/mol. The molecule has 0 amide bonds. The van der Waals surface area contributed by atoms with Gasteiger partial charge in [-0.25, -0.2) is 9.59 Å². The van der Waals surface area contributed by atoms with E-state index in [9.17, 15) is 9.59 Å². The van der Waals surface area contributed by atoms with Gasteiger partial charge in [0.2, 0.25) is 0 Å². The molecule has 4 N–H and O–H groups in total. The molecular formula is C17H18N2O4S. The first-order chi connectivity index (χ1) is 11.4. The van der Waals surface area contributed by atoms with Gasteiger partial charge in [0.15, 0.2) is 5.11 Å². The Morgan fingerprint density at radius 2 is 1.50 bits per heavy atom. The van der Waals surface area contributed by atoms with Crippen LogP contribution in [-0.4, -0.2) is 34.3 Å². The van der Waals surface area contributed by atoms with E-state index in [1.807, 2.05) is 18.2 Å². The summed E-state index contributed by atoms with van der Waals surface area (Å²) < 4.78 is 0. The maximum absolute atomic E-state index is 10.4. The van der Waals surface area contributed by atoms with Crippen molar-refractivity contribution in [3.05, 3.63) is 71.3 Å². The predicted octanol–water partition coefficient (Wildman–Crippen LogP) is 2.36. The normalized spacial score (nSPS) is 9.21. The third-order valence-electron chi connectivity index (χ3n) is 2.88. The first kappa shape index (κ1) is 19.1. The number of thiocarbonyl (C=S) groups is 1. The van der Waals surface area contributed by atoms with E-state index in [2.05, 4.69) is 22.8 Å². The molecule has 6 nitrogen and oxygen atoms in total. The smallest absolute Gasteiger partial charge is 0.335 e. The van der Waals surface area contributed by atoms with Crippen LogP contribution in [-0.2, 0) is 6.54 Å². The number of aromatic carboxylic acids is 2. The Labute approximate surface area is 145 Å². The van der Waals surface area contributed by atoms with E-state index in [0.717, 1.165) is 12.6 Å². The van der Waals surface area contributed by atoms with Crippen LogP contribution in [0.15, 0.2) is 54.6 Å². The summed E-state index contributed by atoms with van der Waals surface area (Å²) in [5.74, 6) is -2.25. The van der Waals surface area contributed by atoms with Crippen molar-refractivity contribution < 1.29 is 19.8 Å². The van der Waals surface area contributed by atoms with Gasteiger partial charge < -0.3 is 20.8 Å². The summed E-state index contributed by atoms with van der Waals surface area (Å²) in [6, 6.07) is 15.3. The zero-order valence-electron chi connectivity index (χ0n) is 13.0. The third kappa shape index (κ3) is 6.89. The fourth-order valence-electron chi connectivity index (χ4n) is 1.65. The van der Waals surface area contributed by atoms with Crippen molar-refractivity contribution in [3.63, 3.8) is 0 Å². The Balaban J connectivity index is 0.000000240. The molecule has 0 heterocycles. The number of carboxylic acid groups (broad SMARTS) is 2. The third-order valence-corrected chi connectivity index (χ3v) is 3.23. The average Bonchev–Trinajstić information content (AvgIpc) is 2.61. The summed E-state index contributed by atoms with van der Waals surface area (Å²) in [7, 11) is 1.81. The van der Waals surface area contributed by atoms with E-state index in [-0.39, 0.29) is 11.1 Å². The van der Waals surface area contributed by atoms with Crippen molar-refractivity contribution in [3.8, 4) is 0 Å². The summed E-state index contributed by atoms with van der Waals surface area (Å²) >= 11 is 4.93. The quantitative estimate of drug-likeness (QED) is 0.631. The number of carboxylic acids is 2. The van der Waals surface area contributed by atoms with E-state index < -0.39 is 11.9 Å². The molecule has 0 aromatic heterocycles. The van der Waals surface area contributed by atoms with Crippen LogP contribution in [0.5, 0.6) is 0 Å². The molecule has 0 radical (unpaired) electrons. The molecule has 2 aromatic carbocycles. The molecule has 0 aliphatic rings. The van der Waals surface area contributed by atoms with Gasteiger partial charge >= 0.3 is 11.9 Å². The number of carbonyl (C=O) groups is 2. The molecule has 0 fully saturated rings. The van der Waals surface area contributed by atoms with Gasteiger partial charge in [-0.15, -0.1) is 0 Å². The van der Waals surface area contributed by atoms with Gasteiger partial charge in [0.25, 0.3) is 0 Å². The standard InChI is InChI=1S/C9H12N2S.C8H6O4/c1-10-9(12)11-7-8-5-3-2-4-6-8;9-7(10)5-2-1-3-6(4-5)8(11)12/h2-6H,7H2,1H3,(H2,10,11,12);1-4H,(H,9,10)(H,11,12). The largest absolute Gasteiger partial charge is 0.478 e. The van der Waals surface area contributed by atoms with E-state index in [0.29, 0.717) is 5.11 Å². The number of hydrogen-bond donors (Lipinski definition) is 4. The summed E-state index contributed by atoms with van der Waals surface area (Å²) in [5, 5.41) is 23.6. The van der Waals surface area contributed by atoms with Gasteiger partial charge in [0, 0.05) is 13.6 Å². The van der Waals surface area contributed by atoms with Crippen molar-refractivity contribution in [2.45, 2.75) is 6.54 Å². The van der Waals surface area contributed by atoms with Gasteiger partial charge in [-0.2, -0.15) is 0 Å². The van der Waals surface area contributed by atoms with Gasteiger partial charge in [0.1, 0.15) is 0 Å². The molecule has 2 rings (SSSR count). The molecule has 0 atom stereocenters. The lowest BCUT2D eigenvalue weighted by Gasteiger charge is -2.05. The first-order valence-corrected chi connectivity index (χ1v) is 7.41. The minimum Gasteiger partial charge on any atom is -0.478 e. The molecule has 0 unspecified atom stereocenters. The van der Waals surface area contributed by atoms with Crippen molar-refractivity contribution in [1.82, 2.24) is 10.6 Å². The SMILES string of the molecule is CNC(=S)NCc1ccccc1.O=C(O)c1cccc(C(=O)O)c1. The minimum atomic E-state index is -1.13. The van der Waals surface area contributed by atoms with E-state index in [1.165, 1.54) is 23.8 Å². The molecule has 0 spiro atoms. The Kier molecular flexibility index (Phi) is 7.93. The molecule has 0 saturated carbocycles. The lowest BCUT2D eigenvalue weighted by atomic mass is 10.1. The second-order valence-electron chi connectivity index (χ2n) is 4.61. The number of benzene rings is 2. The molecule has 24 heavy (non-hydrogen) atoms. The van der Waals surface area contributed by atoms with E-state index >= 15 is 0 Å². The van der Waals surface area contributed by atoms with Crippen molar-refractivity contribution in [1.29, 1.82) is 0 Å². The minimum absolute atomic E-state index is 0.0186. The highest BCUT2D eigenvalue weighted by molar-refractivity contribution is 7.80. The van der Waals surface area contributed by atoms with Crippen LogP contribution >= 0.6 is 12.2 Å². The highest BCUT2D eigenvalue weighted by atomic mass is 32.1.